The largest absolute Gasteiger partial charge is 0.401 e. The first-order chi connectivity index (χ1) is 9.94. The molecule has 2 aliphatic carbocycles. The second kappa shape index (κ2) is 7.32. The molecular formula is C16H29F3N2. The van der Waals surface area contributed by atoms with Gasteiger partial charge in [0.25, 0.3) is 0 Å². The molecule has 0 heterocycles. The number of alkyl halides is 3. The predicted molar refractivity (Wildman–Crippen MR) is 79.3 cm³/mol. The Kier molecular flexibility index (Phi) is 5.95. The molecule has 0 aromatic carbocycles. The lowest BCUT2D eigenvalue weighted by atomic mass is 9.73. The number of hydrogen-bond acceptors (Lipinski definition) is 2. The monoisotopic (exact) mass is 306 g/mol. The molecule has 2 saturated carbocycles. The Balaban J connectivity index is 1.97. The van der Waals surface area contributed by atoms with Gasteiger partial charge in [-0.25, -0.2) is 0 Å². The van der Waals surface area contributed by atoms with Crippen LogP contribution >= 0.6 is 0 Å². The van der Waals surface area contributed by atoms with Crippen LogP contribution in [0.1, 0.15) is 58.3 Å². The van der Waals surface area contributed by atoms with Crippen molar-refractivity contribution in [2.24, 2.45) is 5.41 Å². The fourth-order valence-corrected chi connectivity index (χ4v) is 3.64. The molecule has 2 fully saturated rings. The maximum Gasteiger partial charge on any atom is 0.401 e. The van der Waals surface area contributed by atoms with Gasteiger partial charge in [0.15, 0.2) is 0 Å². The van der Waals surface area contributed by atoms with E-state index in [2.05, 4.69) is 12.2 Å². The second-order valence-electron chi connectivity index (χ2n) is 6.99. The fraction of sp³-hybridized carbons (Fsp3) is 1.00. The van der Waals surface area contributed by atoms with Gasteiger partial charge >= 0.3 is 6.18 Å². The summed E-state index contributed by atoms with van der Waals surface area (Å²) in [5.41, 5.74) is 0.0568. The van der Waals surface area contributed by atoms with Crippen LogP contribution in [0.5, 0.6) is 0 Å². The molecule has 2 rings (SSSR count). The van der Waals surface area contributed by atoms with Crippen molar-refractivity contribution in [2.45, 2.75) is 70.5 Å². The molecule has 0 aromatic heterocycles. The highest BCUT2D eigenvalue weighted by Crippen LogP contribution is 2.40. The van der Waals surface area contributed by atoms with Crippen molar-refractivity contribution in [1.82, 2.24) is 10.2 Å². The number of hydrogen-bond donors (Lipinski definition) is 1. The summed E-state index contributed by atoms with van der Waals surface area (Å²) >= 11 is 0. The molecule has 0 aliphatic heterocycles. The molecule has 0 saturated heterocycles. The topological polar surface area (TPSA) is 15.3 Å². The minimum absolute atomic E-state index is 0.0568. The number of nitrogens with zero attached hydrogens (tertiary/aromatic N) is 1. The van der Waals surface area contributed by atoms with E-state index in [1.807, 2.05) is 0 Å². The van der Waals surface area contributed by atoms with E-state index in [-0.39, 0.29) is 11.5 Å². The third kappa shape index (κ3) is 5.78. The molecule has 21 heavy (non-hydrogen) atoms. The Labute approximate surface area is 126 Å². The highest BCUT2D eigenvalue weighted by molar-refractivity contribution is 4.93. The molecule has 2 nitrogen and oxygen atoms in total. The van der Waals surface area contributed by atoms with E-state index in [0.29, 0.717) is 6.54 Å². The van der Waals surface area contributed by atoms with Crippen LogP contribution in [0.2, 0.25) is 0 Å². The SMILES string of the molecule is CCCNCC1(CN(CC(F)(F)F)C2CC2)CCCCC1. The van der Waals surface area contributed by atoms with Gasteiger partial charge < -0.3 is 5.32 Å². The molecule has 0 spiro atoms. The van der Waals surface area contributed by atoms with Crippen LogP contribution in [0.3, 0.4) is 0 Å². The standard InChI is InChI=1S/C16H29F3N2/c1-2-10-20-11-15(8-4-3-5-9-15)12-21(14-6-7-14)13-16(17,18)19/h14,20H,2-13H2,1H3. The minimum Gasteiger partial charge on any atom is -0.316 e. The highest BCUT2D eigenvalue weighted by Gasteiger charge is 2.42. The van der Waals surface area contributed by atoms with E-state index < -0.39 is 12.7 Å². The summed E-state index contributed by atoms with van der Waals surface area (Å²) in [6, 6.07) is 0.177. The zero-order valence-corrected chi connectivity index (χ0v) is 13.1. The molecule has 0 radical (unpaired) electrons. The summed E-state index contributed by atoms with van der Waals surface area (Å²) in [7, 11) is 0. The van der Waals surface area contributed by atoms with E-state index in [9.17, 15) is 13.2 Å². The molecule has 0 bridgehead atoms. The van der Waals surface area contributed by atoms with Crippen molar-refractivity contribution in [3.63, 3.8) is 0 Å². The predicted octanol–water partition coefficient (Wildman–Crippen LogP) is 3.96. The minimum atomic E-state index is -4.07. The Hall–Kier alpha value is -0.290. The third-order valence-electron chi connectivity index (χ3n) is 4.83. The number of rotatable bonds is 8. The summed E-state index contributed by atoms with van der Waals surface area (Å²) in [4.78, 5) is 1.72. The highest BCUT2D eigenvalue weighted by atomic mass is 19.4. The zero-order valence-electron chi connectivity index (χ0n) is 13.1. The van der Waals surface area contributed by atoms with Gasteiger partial charge in [0.05, 0.1) is 6.54 Å². The number of halogens is 3. The van der Waals surface area contributed by atoms with Crippen molar-refractivity contribution >= 4 is 0 Å². The van der Waals surface area contributed by atoms with Gasteiger partial charge in [-0.1, -0.05) is 26.2 Å². The first kappa shape index (κ1) is 17.1. The lowest BCUT2D eigenvalue weighted by Gasteiger charge is -2.42. The van der Waals surface area contributed by atoms with Crippen molar-refractivity contribution in [1.29, 1.82) is 0 Å². The van der Waals surface area contributed by atoms with Gasteiger partial charge in [-0.05, 0) is 44.1 Å². The summed E-state index contributed by atoms with van der Waals surface area (Å²) in [5, 5.41) is 3.47. The van der Waals surface area contributed by atoms with Crippen molar-refractivity contribution in [2.75, 3.05) is 26.2 Å². The van der Waals surface area contributed by atoms with Crippen molar-refractivity contribution < 1.29 is 13.2 Å². The van der Waals surface area contributed by atoms with E-state index in [0.717, 1.165) is 45.2 Å². The van der Waals surface area contributed by atoms with Gasteiger partial charge in [-0.2, -0.15) is 13.2 Å². The van der Waals surface area contributed by atoms with Crippen molar-refractivity contribution in [3.8, 4) is 0 Å². The van der Waals surface area contributed by atoms with Crippen LogP contribution in [-0.4, -0.2) is 43.3 Å². The van der Waals surface area contributed by atoms with E-state index in [1.165, 1.54) is 19.3 Å². The Bertz CT molecular complexity index is 307. The van der Waals surface area contributed by atoms with Gasteiger partial charge in [-0.15, -0.1) is 0 Å². The Morgan fingerprint density at radius 1 is 1.14 bits per heavy atom. The van der Waals surface area contributed by atoms with Crippen LogP contribution in [0.25, 0.3) is 0 Å². The first-order valence-corrected chi connectivity index (χ1v) is 8.46. The summed E-state index contributed by atoms with van der Waals surface area (Å²) in [6.45, 7) is 3.86. The molecular weight excluding hydrogens is 277 g/mol. The van der Waals surface area contributed by atoms with Gasteiger partial charge in [-0.3, -0.25) is 4.90 Å². The maximum atomic E-state index is 12.8. The first-order valence-electron chi connectivity index (χ1n) is 8.46. The number of nitrogens with one attached hydrogen (secondary N) is 1. The van der Waals surface area contributed by atoms with E-state index in [1.54, 1.807) is 4.90 Å². The second-order valence-corrected chi connectivity index (χ2v) is 6.99. The van der Waals surface area contributed by atoms with Crippen LogP contribution < -0.4 is 5.32 Å². The molecule has 0 amide bonds. The third-order valence-corrected chi connectivity index (χ3v) is 4.83. The Morgan fingerprint density at radius 2 is 1.81 bits per heavy atom. The summed E-state index contributed by atoms with van der Waals surface area (Å²) in [6.07, 6.45) is 4.59. The molecule has 0 atom stereocenters. The maximum absolute atomic E-state index is 12.8. The van der Waals surface area contributed by atoms with Gasteiger partial charge in [0.1, 0.15) is 0 Å². The summed E-state index contributed by atoms with van der Waals surface area (Å²) < 4.78 is 38.5. The molecule has 5 heteroatoms. The average Bonchev–Trinajstić information content (AvgIpc) is 3.22. The molecule has 1 N–H and O–H groups in total. The molecule has 2 aliphatic rings. The Morgan fingerprint density at radius 3 is 2.33 bits per heavy atom. The van der Waals surface area contributed by atoms with Gasteiger partial charge in [0.2, 0.25) is 0 Å². The smallest absolute Gasteiger partial charge is 0.316 e. The summed E-state index contributed by atoms with van der Waals surface area (Å²) in [5.74, 6) is 0. The normalized spacial score (nSPS) is 22.7. The average molecular weight is 306 g/mol. The van der Waals surface area contributed by atoms with Crippen molar-refractivity contribution in [3.05, 3.63) is 0 Å². The van der Waals surface area contributed by atoms with E-state index in [4.69, 9.17) is 0 Å². The lowest BCUT2D eigenvalue weighted by molar-refractivity contribution is -0.151. The van der Waals surface area contributed by atoms with Crippen LogP contribution in [0.4, 0.5) is 13.2 Å². The molecule has 124 valence electrons. The molecule has 0 aromatic rings. The zero-order chi connectivity index (χ0) is 15.3. The quantitative estimate of drug-likeness (QED) is 0.683. The lowest BCUT2D eigenvalue weighted by Crippen LogP contribution is -2.48. The molecule has 0 unspecified atom stereocenters. The van der Waals surface area contributed by atoms with Gasteiger partial charge in [0, 0.05) is 19.1 Å². The fourth-order valence-electron chi connectivity index (χ4n) is 3.64. The van der Waals surface area contributed by atoms with E-state index >= 15 is 0 Å². The van der Waals surface area contributed by atoms with Crippen LogP contribution in [0, 0.1) is 5.41 Å². The van der Waals surface area contributed by atoms with Crippen LogP contribution in [-0.2, 0) is 0 Å². The van der Waals surface area contributed by atoms with Crippen LogP contribution in [0.15, 0.2) is 0 Å².